The van der Waals surface area contributed by atoms with Gasteiger partial charge in [0.25, 0.3) is 0 Å². The first-order valence-corrected chi connectivity index (χ1v) is 12.0. The van der Waals surface area contributed by atoms with Crippen LogP contribution in [0.1, 0.15) is 22.9 Å². The van der Waals surface area contributed by atoms with Crippen molar-refractivity contribution >= 4 is 22.8 Å². The van der Waals surface area contributed by atoms with Gasteiger partial charge in [0.05, 0.1) is 18.3 Å². The van der Waals surface area contributed by atoms with Gasteiger partial charge >= 0.3 is 0 Å². The van der Waals surface area contributed by atoms with E-state index in [0.29, 0.717) is 29.8 Å². The number of para-hydroxylation sites is 1. The van der Waals surface area contributed by atoms with E-state index in [1.54, 1.807) is 52.5 Å². The topological polar surface area (TPSA) is 106 Å². The van der Waals surface area contributed by atoms with Crippen molar-refractivity contribution in [3.8, 4) is 0 Å². The predicted molar refractivity (Wildman–Crippen MR) is 137 cm³/mol. The van der Waals surface area contributed by atoms with Crippen LogP contribution in [0.15, 0.2) is 102 Å². The number of fused-ring (bicyclic) bond motifs is 1. The van der Waals surface area contributed by atoms with Gasteiger partial charge in [-0.15, -0.1) is 5.10 Å². The van der Waals surface area contributed by atoms with Crippen molar-refractivity contribution in [3.63, 3.8) is 0 Å². The fraction of sp³-hybridized carbons (Fsp3) is 0.179. The predicted octanol–water partition coefficient (Wildman–Crippen LogP) is 3.55. The minimum absolute atomic E-state index is 0.0580. The number of nitrogens with zero attached hydrogens (tertiary/aromatic N) is 5. The lowest BCUT2D eigenvalue weighted by Gasteiger charge is -2.31. The fourth-order valence-electron chi connectivity index (χ4n) is 4.24. The Balaban J connectivity index is 1.46. The lowest BCUT2D eigenvalue weighted by Crippen LogP contribution is -2.45. The molecule has 9 heteroatoms. The molecule has 3 heterocycles. The molecule has 0 aliphatic carbocycles. The zero-order valence-electron chi connectivity index (χ0n) is 20.1. The zero-order valence-corrected chi connectivity index (χ0v) is 20.1. The van der Waals surface area contributed by atoms with Crippen LogP contribution in [0, 0.1) is 0 Å². The Morgan fingerprint density at radius 2 is 1.81 bits per heavy atom. The number of benzene rings is 2. The summed E-state index contributed by atoms with van der Waals surface area (Å²) in [4.78, 5) is 33.3. The van der Waals surface area contributed by atoms with E-state index in [9.17, 15) is 9.59 Å². The van der Waals surface area contributed by atoms with Gasteiger partial charge in [0.2, 0.25) is 11.8 Å². The van der Waals surface area contributed by atoms with Crippen LogP contribution in [0.25, 0.3) is 11.0 Å². The van der Waals surface area contributed by atoms with Crippen LogP contribution in [0.3, 0.4) is 0 Å². The third-order valence-corrected chi connectivity index (χ3v) is 6.09. The molecule has 9 nitrogen and oxygen atoms in total. The third kappa shape index (κ3) is 5.72. The number of carbonyl (C=O) groups excluding carboxylic acids is 2. The summed E-state index contributed by atoms with van der Waals surface area (Å²) in [5.74, 6) is 0.0392. The third-order valence-electron chi connectivity index (χ3n) is 6.09. The molecule has 186 valence electrons. The van der Waals surface area contributed by atoms with E-state index in [1.165, 1.54) is 0 Å². The minimum atomic E-state index is -0.894. The molecule has 0 radical (unpaired) electrons. The van der Waals surface area contributed by atoms with Gasteiger partial charge in [0, 0.05) is 24.5 Å². The first-order valence-electron chi connectivity index (χ1n) is 12.0. The summed E-state index contributed by atoms with van der Waals surface area (Å²) in [6, 6.07) is 23.5. The van der Waals surface area contributed by atoms with E-state index in [4.69, 9.17) is 4.42 Å². The molecule has 0 saturated heterocycles. The van der Waals surface area contributed by atoms with Crippen LogP contribution in [0.5, 0.6) is 0 Å². The summed E-state index contributed by atoms with van der Waals surface area (Å²) < 4.78 is 6.93. The molecule has 0 aliphatic rings. The normalized spacial score (nSPS) is 11.8. The first-order chi connectivity index (χ1) is 18.2. The van der Waals surface area contributed by atoms with E-state index in [0.717, 1.165) is 11.1 Å². The Kier molecular flexibility index (Phi) is 7.31. The Morgan fingerprint density at radius 1 is 0.973 bits per heavy atom. The van der Waals surface area contributed by atoms with Crippen molar-refractivity contribution in [2.45, 2.75) is 25.6 Å². The van der Waals surface area contributed by atoms with Gasteiger partial charge in [-0.1, -0.05) is 53.7 Å². The summed E-state index contributed by atoms with van der Waals surface area (Å²) in [6.45, 7) is 0.470. The monoisotopic (exact) mass is 494 g/mol. The number of hydrogen-bond acceptors (Lipinski definition) is 6. The molecule has 3 aromatic heterocycles. The second-order valence-corrected chi connectivity index (χ2v) is 8.54. The highest BCUT2D eigenvalue weighted by Crippen LogP contribution is 2.23. The van der Waals surface area contributed by atoms with Gasteiger partial charge in [-0.3, -0.25) is 14.6 Å². The molecule has 0 unspecified atom stereocenters. The summed E-state index contributed by atoms with van der Waals surface area (Å²) in [5.41, 5.74) is 3.13. The van der Waals surface area contributed by atoms with Crippen molar-refractivity contribution < 1.29 is 14.0 Å². The maximum Gasteiger partial charge on any atom is 0.247 e. The summed E-state index contributed by atoms with van der Waals surface area (Å²) in [7, 11) is 0. The van der Waals surface area contributed by atoms with Crippen LogP contribution in [-0.4, -0.2) is 43.2 Å². The van der Waals surface area contributed by atoms with Gasteiger partial charge in [-0.2, -0.15) is 0 Å². The molecule has 37 heavy (non-hydrogen) atoms. The molecule has 2 amide bonds. The number of rotatable bonds is 10. The van der Waals surface area contributed by atoms with Crippen LogP contribution in [0.2, 0.25) is 0 Å². The Bertz CT molecular complexity index is 1450. The summed E-state index contributed by atoms with van der Waals surface area (Å²) in [6.07, 6.45) is 5.38. The van der Waals surface area contributed by atoms with Gasteiger partial charge < -0.3 is 14.6 Å². The molecular weight excluding hydrogens is 468 g/mol. The van der Waals surface area contributed by atoms with Crippen molar-refractivity contribution in [2.75, 3.05) is 6.54 Å². The number of carbonyl (C=O) groups is 2. The van der Waals surface area contributed by atoms with Crippen molar-refractivity contribution in [3.05, 3.63) is 114 Å². The van der Waals surface area contributed by atoms with Crippen molar-refractivity contribution in [2.24, 2.45) is 0 Å². The van der Waals surface area contributed by atoms with Gasteiger partial charge in [0.15, 0.2) is 0 Å². The maximum absolute atomic E-state index is 13.8. The van der Waals surface area contributed by atoms with E-state index < -0.39 is 6.04 Å². The van der Waals surface area contributed by atoms with Crippen LogP contribution < -0.4 is 5.32 Å². The highest BCUT2D eigenvalue weighted by atomic mass is 16.3. The molecule has 0 saturated carbocycles. The van der Waals surface area contributed by atoms with Crippen molar-refractivity contribution in [1.29, 1.82) is 0 Å². The smallest absolute Gasteiger partial charge is 0.247 e. The minimum Gasteiger partial charge on any atom is -0.467 e. The van der Waals surface area contributed by atoms with Crippen LogP contribution in [0.4, 0.5) is 0 Å². The molecule has 5 rings (SSSR count). The quantitative estimate of drug-likeness (QED) is 0.318. The average molecular weight is 495 g/mol. The summed E-state index contributed by atoms with van der Waals surface area (Å²) in [5, 5.41) is 11.3. The molecule has 1 N–H and O–H groups in total. The molecule has 2 aromatic carbocycles. The Hall–Kier alpha value is -4.79. The number of hydrogen-bond donors (Lipinski definition) is 1. The number of pyridine rings is 1. The Morgan fingerprint density at radius 3 is 2.59 bits per heavy atom. The number of amides is 2. The maximum atomic E-state index is 13.8. The van der Waals surface area contributed by atoms with Crippen molar-refractivity contribution in [1.82, 2.24) is 30.2 Å². The average Bonchev–Trinajstić information content (AvgIpc) is 3.61. The largest absolute Gasteiger partial charge is 0.467 e. The molecule has 0 fully saturated rings. The Labute approximate surface area is 213 Å². The standard InChI is InChI=1S/C28H26N6O3/c35-26(20-34-25-13-5-4-12-24(25)31-32-34)33(16-14-21-8-2-1-3-9-21)27(22-10-6-15-29-18-22)28(36)30-19-23-11-7-17-37-23/h1-13,15,17-18,27H,14,16,19-20H2,(H,30,36)/t27-/m0/s1. The molecule has 0 spiro atoms. The zero-order chi connectivity index (χ0) is 25.5. The van der Waals surface area contributed by atoms with E-state index in [2.05, 4.69) is 20.6 Å². The summed E-state index contributed by atoms with van der Waals surface area (Å²) >= 11 is 0. The van der Waals surface area contributed by atoms with E-state index in [1.807, 2.05) is 54.6 Å². The number of aromatic nitrogens is 4. The lowest BCUT2D eigenvalue weighted by atomic mass is 10.0. The molecule has 0 bridgehead atoms. The highest BCUT2D eigenvalue weighted by Gasteiger charge is 2.32. The number of nitrogens with one attached hydrogen (secondary N) is 1. The molecule has 1 atom stereocenters. The SMILES string of the molecule is O=C(NCc1ccco1)[C@H](c1cccnc1)N(CCc1ccccc1)C(=O)Cn1nnc2ccccc21. The molecule has 5 aromatic rings. The van der Waals surface area contributed by atoms with Gasteiger partial charge in [0.1, 0.15) is 23.9 Å². The highest BCUT2D eigenvalue weighted by molar-refractivity contribution is 5.89. The second kappa shape index (κ2) is 11.3. The number of furan rings is 1. The van der Waals surface area contributed by atoms with Crippen LogP contribution >= 0.6 is 0 Å². The second-order valence-electron chi connectivity index (χ2n) is 8.54. The molecule has 0 aliphatic heterocycles. The first kappa shape index (κ1) is 23.9. The lowest BCUT2D eigenvalue weighted by molar-refractivity contribution is -0.141. The van der Waals surface area contributed by atoms with Gasteiger partial charge in [-0.05, 0) is 42.3 Å². The van der Waals surface area contributed by atoms with Crippen LogP contribution in [-0.2, 0) is 29.1 Å². The van der Waals surface area contributed by atoms with E-state index >= 15 is 0 Å². The molecular formula is C28H26N6O3. The fourth-order valence-corrected chi connectivity index (χ4v) is 4.24. The van der Waals surface area contributed by atoms with E-state index in [-0.39, 0.29) is 24.9 Å². The van der Waals surface area contributed by atoms with Gasteiger partial charge in [-0.25, -0.2) is 4.68 Å².